The van der Waals surface area contributed by atoms with Gasteiger partial charge < -0.3 is 10.0 Å². The van der Waals surface area contributed by atoms with Crippen molar-refractivity contribution in [1.29, 1.82) is 0 Å². The molecule has 0 aromatic heterocycles. The fourth-order valence-electron chi connectivity index (χ4n) is 2.99. The molecule has 0 aliphatic carbocycles. The highest BCUT2D eigenvalue weighted by Gasteiger charge is 2.31. The van der Waals surface area contributed by atoms with E-state index in [1.807, 2.05) is 0 Å². The third-order valence-electron chi connectivity index (χ3n) is 4.32. The van der Waals surface area contributed by atoms with E-state index in [-0.39, 0.29) is 5.60 Å². The van der Waals surface area contributed by atoms with Gasteiger partial charge in [-0.15, -0.1) is 0 Å². The van der Waals surface area contributed by atoms with E-state index in [9.17, 15) is 5.11 Å². The fraction of sp³-hybridized carbons (Fsp3) is 1.00. The van der Waals surface area contributed by atoms with Crippen molar-refractivity contribution >= 4 is 0 Å². The van der Waals surface area contributed by atoms with Crippen molar-refractivity contribution in [1.82, 2.24) is 4.90 Å². The predicted octanol–water partition coefficient (Wildman–Crippen LogP) is 3.97. The highest BCUT2D eigenvalue weighted by atomic mass is 16.3. The Morgan fingerprint density at radius 3 is 2.11 bits per heavy atom. The zero-order valence-corrected chi connectivity index (χ0v) is 12.6. The summed E-state index contributed by atoms with van der Waals surface area (Å²) in [6, 6.07) is 0. The van der Waals surface area contributed by atoms with E-state index in [2.05, 4.69) is 18.7 Å². The van der Waals surface area contributed by atoms with Gasteiger partial charge in [-0.05, 0) is 32.2 Å². The van der Waals surface area contributed by atoms with Crippen LogP contribution in [0.1, 0.15) is 78.1 Å². The first-order chi connectivity index (χ1) is 8.70. The Bertz CT molecular complexity index is 197. The summed E-state index contributed by atoms with van der Waals surface area (Å²) in [6.07, 6.45) is 12.2. The van der Waals surface area contributed by atoms with Crippen LogP contribution in [0.5, 0.6) is 0 Å². The molecule has 2 heteroatoms. The van der Waals surface area contributed by atoms with E-state index in [1.165, 1.54) is 51.5 Å². The van der Waals surface area contributed by atoms with Crippen LogP contribution in [0.15, 0.2) is 0 Å². The first-order valence-electron chi connectivity index (χ1n) is 8.15. The van der Waals surface area contributed by atoms with Gasteiger partial charge in [-0.3, -0.25) is 0 Å². The zero-order valence-electron chi connectivity index (χ0n) is 12.6. The van der Waals surface area contributed by atoms with E-state index in [4.69, 9.17) is 0 Å². The van der Waals surface area contributed by atoms with Gasteiger partial charge in [0.15, 0.2) is 0 Å². The fourth-order valence-corrected chi connectivity index (χ4v) is 2.99. The number of hydrogen-bond donors (Lipinski definition) is 1. The van der Waals surface area contributed by atoms with Crippen LogP contribution in [0.4, 0.5) is 0 Å². The summed E-state index contributed by atoms with van der Waals surface area (Å²) < 4.78 is 0. The number of nitrogens with zero attached hydrogens (tertiary/aromatic N) is 1. The molecule has 0 amide bonds. The largest absolute Gasteiger partial charge is 0.390 e. The summed E-state index contributed by atoms with van der Waals surface area (Å²) in [7, 11) is 0. The average molecular weight is 255 g/mol. The van der Waals surface area contributed by atoms with Crippen LogP contribution in [0.3, 0.4) is 0 Å². The molecule has 0 aromatic rings. The molecule has 1 aliphatic rings. The average Bonchev–Trinajstić information content (AvgIpc) is 2.37. The molecule has 0 aromatic carbocycles. The molecule has 0 saturated carbocycles. The quantitative estimate of drug-likeness (QED) is 0.630. The van der Waals surface area contributed by atoms with Crippen LogP contribution >= 0.6 is 0 Å². The van der Waals surface area contributed by atoms with Gasteiger partial charge in [-0.2, -0.15) is 0 Å². The first kappa shape index (κ1) is 16.0. The van der Waals surface area contributed by atoms with Gasteiger partial charge in [0.05, 0.1) is 5.60 Å². The van der Waals surface area contributed by atoms with Gasteiger partial charge in [-0.25, -0.2) is 0 Å². The van der Waals surface area contributed by atoms with Crippen LogP contribution in [0.25, 0.3) is 0 Å². The van der Waals surface area contributed by atoms with Crippen molar-refractivity contribution in [3.8, 4) is 0 Å². The number of likely N-dealkylation sites (tertiary alicyclic amines) is 1. The maximum absolute atomic E-state index is 10.5. The van der Waals surface area contributed by atoms with Gasteiger partial charge in [0, 0.05) is 13.1 Å². The highest BCUT2D eigenvalue weighted by Crippen LogP contribution is 2.28. The molecule has 1 saturated heterocycles. The molecule has 0 atom stereocenters. The lowest BCUT2D eigenvalue weighted by Crippen LogP contribution is -2.44. The lowest BCUT2D eigenvalue weighted by molar-refractivity contribution is -0.0291. The molecule has 0 bridgehead atoms. The predicted molar refractivity (Wildman–Crippen MR) is 78.9 cm³/mol. The maximum atomic E-state index is 10.5. The van der Waals surface area contributed by atoms with E-state index < -0.39 is 0 Å². The van der Waals surface area contributed by atoms with Crippen LogP contribution in [0, 0.1) is 0 Å². The number of hydrogen-bond acceptors (Lipinski definition) is 2. The lowest BCUT2D eigenvalue weighted by atomic mass is 9.86. The molecule has 1 aliphatic heterocycles. The van der Waals surface area contributed by atoms with Crippen LogP contribution in [0.2, 0.25) is 0 Å². The number of aliphatic hydroxyl groups is 1. The zero-order chi connectivity index (χ0) is 13.3. The standard InChI is InChI=1S/C16H33NO/c1-3-5-6-7-8-9-10-16(18)11-14-17(13-4-2)15-12-16/h18H,3-15H2,1-2H3. The molecule has 1 rings (SSSR count). The molecule has 2 nitrogen and oxygen atoms in total. The van der Waals surface area contributed by atoms with E-state index in [1.54, 1.807) is 0 Å². The van der Waals surface area contributed by atoms with Crippen LogP contribution in [-0.2, 0) is 0 Å². The molecule has 1 heterocycles. The monoisotopic (exact) mass is 255 g/mol. The summed E-state index contributed by atoms with van der Waals surface area (Å²) in [6.45, 7) is 7.89. The number of rotatable bonds is 9. The minimum absolute atomic E-state index is 0.338. The molecule has 0 radical (unpaired) electrons. The summed E-state index contributed by atoms with van der Waals surface area (Å²) in [5.74, 6) is 0. The minimum Gasteiger partial charge on any atom is -0.390 e. The molecule has 1 N–H and O–H groups in total. The second-order valence-electron chi connectivity index (χ2n) is 6.08. The molecular weight excluding hydrogens is 222 g/mol. The third-order valence-corrected chi connectivity index (χ3v) is 4.32. The van der Waals surface area contributed by atoms with Crippen molar-refractivity contribution < 1.29 is 5.11 Å². The second kappa shape index (κ2) is 8.92. The second-order valence-corrected chi connectivity index (χ2v) is 6.08. The highest BCUT2D eigenvalue weighted by molar-refractivity contribution is 4.85. The first-order valence-corrected chi connectivity index (χ1v) is 8.15. The van der Waals surface area contributed by atoms with Crippen LogP contribution < -0.4 is 0 Å². The number of piperidine rings is 1. The smallest absolute Gasteiger partial charge is 0.0672 e. The van der Waals surface area contributed by atoms with Crippen molar-refractivity contribution in [3.63, 3.8) is 0 Å². The van der Waals surface area contributed by atoms with E-state index in [0.717, 1.165) is 32.4 Å². The Morgan fingerprint density at radius 2 is 1.50 bits per heavy atom. The Hall–Kier alpha value is -0.0800. The lowest BCUT2D eigenvalue weighted by Gasteiger charge is -2.38. The van der Waals surface area contributed by atoms with Gasteiger partial charge in [0.1, 0.15) is 0 Å². The summed E-state index contributed by atoms with van der Waals surface area (Å²) in [5, 5.41) is 10.5. The molecule has 0 unspecified atom stereocenters. The Labute approximate surface area is 114 Å². The molecule has 18 heavy (non-hydrogen) atoms. The van der Waals surface area contributed by atoms with Crippen molar-refractivity contribution in [2.24, 2.45) is 0 Å². The topological polar surface area (TPSA) is 23.5 Å². The van der Waals surface area contributed by atoms with Crippen LogP contribution in [-0.4, -0.2) is 35.2 Å². The van der Waals surface area contributed by atoms with Crippen molar-refractivity contribution in [2.45, 2.75) is 83.7 Å². The van der Waals surface area contributed by atoms with Crippen molar-refractivity contribution in [3.05, 3.63) is 0 Å². The van der Waals surface area contributed by atoms with Gasteiger partial charge >= 0.3 is 0 Å². The van der Waals surface area contributed by atoms with Crippen molar-refractivity contribution in [2.75, 3.05) is 19.6 Å². The normalized spacial score (nSPS) is 20.2. The summed E-state index contributed by atoms with van der Waals surface area (Å²) in [4.78, 5) is 2.50. The summed E-state index contributed by atoms with van der Waals surface area (Å²) >= 11 is 0. The van der Waals surface area contributed by atoms with Gasteiger partial charge in [-0.1, -0.05) is 52.4 Å². The molecule has 1 fully saturated rings. The van der Waals surface area contributed by atoms with Gasteiger partial charge in [0.2, 0.25) is 0 Å². The minimum atomic E-state index is -0.338. The Morgan fingerprint density at radius 1 is 0.889 bits per heavy atom. The molecular formula is C16H33NO. The third kappa shape index (κ3) is 6.19. The SMILES string of the molecule is CCCCCCCCC1(O)CCN(CCC)CC1. The Balaban J connectivity index is 2.07. The Kier molecular flexibility index (Phi) is 7.92. The molecule has 0 spiro atoms. The summed E-state index contributed by atoms with van der Waals surface area (Å²) in [5.41, 5.74) is -0.338. The van der Waals surface area contributed by atoms with Gasteiger partial charge in [0.25, 0.3) is 0 Å². The van der Waals surface area contributed by atoms with E-state index in [0.29, 0.717) is 0 Å². The molecule has 108 valence electrons. The van der Waals surface area contributed by atoms with E-state index >= 15 is 0 Å². The maximum Gasteiger partial charge on any atom is 0.0672 e. The number of unbranched alkanes of at least 4 members (excludes halogenated alkanes) is 5.